The third-order valence-corrected chi connectivity index (χ3v) is 2.76. The zero-order valence-corrected chi connectivity index (χ0v) is 10.4. The van der Waals surface area contributed by atoms with Crippen LogP contribution in [0.25, 0.3) is 31.3 Å². The van der Waals surface area contributed by atoms with Gasteiger partial charge in [0.25, 0.3) is 0 Å². The lowest BCUT2D eigenvalue weighted by molar-refractivity contribution is 1.38. The maximum absolute atomic E-state index is 8.38. The first kappa shape index (κ1) is 14.1. The largest absolute Gasteiger partial charge is 0.0832 e. The number of benzene rings is 1. The number of hydrogen-bond donors (Lipinski definition) is 0. The summed E-state index contributed by atoms with van der Waals surface area (Å²) in [7, 11) is 0. The van der Waals surface area contributed by atoms with E-state index in [0.29, 0.717) is 0 Å². The molecule has 90 valence electrons. The van der Waals surface area contributed by atoms with Gasteiger partial charge in [-0.2, -0.15) is 0 Å². The van der Waals surface area contributed by atoms with E-state index < -0.39 is 0 Å². The second kappa shape index (κ2) is 6.09. The van der Waals surface area contributed by atoms with Gasteiger partial charge >= 0.3 is 0 Å². The topological polar surface area (TPSA) is 146 Å². The summed E-state index contributed by atoms with van der Waals surface area (Å²) in [5.41, 5.74) is 24.4. The van der Waals surface area contributed by atoms with E-state index in [1.165, 1.54) is 0 Å². The minimum absolute atomic E-state index is 0.238. The number of halogens is 3. The molecule has 0 spiro atoms. The highest BCUT2D eigenvalue weighted by Gasteiger charge is 2.19. The van der Waals surface area contributed by atoms with Crippen molar-refractivity contribution in [3.05, 3.63) is 46.4 Å². The molecule has 1 aromatic carbocycles. The van der Waals surface area contributed by atoms with Crippen molar-refractivity contribution in [1.29, 1.82) is 0 Å². The van der Waals surface area contributed by atoms with E-state index in [0.717, 1.165) is 0 Å². The van der Waals surface area contributed by atoms with Crippen molar-refractivity contribution in [2.45, 2.75) is 0 Å². The molecule has 0 heterocycles. The van der Waals surface area contributed by atoms with E-state index in [2.05, 4.69) is 30.1 Å². The normalized spacial score (nSPS) is 8.83. The van der Waals surface area contributed by atoms with Gasteiger partial charge in [-0.15, -0.1) is 0 Å². The molecule has 0 aromatic heterocycles. The Labute approximate surface area is 114 Å². The minimum Gasteiger partial charge on any atom is -0.0832 e. The van der Waals surface area contributed by atoms with Crippen LogP contribution in [0.5, 0.6) is 0 Å². The summed E-state index contributed by atoms with van der Waals surface area (Å²) in [4.78, 5) is 7.51. The Morgan fingerprint density at radius 3 is 1.00 bits per heavy atom. The molecule has 0 amide bonds. The Hall–Kier alpha value is -1.98. The molecule has 12 heteroatoms. The van der Waals surface area contributed by atoms with Crippen molar-refractivity contribution in [3.63, 3.8) is 0 Å². The smallest absolute Gasteiger partial charge is 0.0758 e. The second-order valence-electron chi connectivity index (χ2n) is 2.56. The molecule has 1 rings (SSSR count). The molecule has 1 aromatic rings. The van der Waals surface area contributed by atoms with E-state index in [9.17, 15) is 0 Å². The average Bonchev–Trinajstić information content (AvgIpc) is 2.35. The quantitative estimate of drug-likeness (QED) is 0.342. The van der Waals surface area contributed by atoms with E-state index >= 15 is 0 Å². The second-order valence-corrected chi connectivity index (χ2v) is 3.69. The molecule has 0 radical (unpaired) electrons. The van der Waals surface area contributed by atoms with Gasteiger partial charge in [-0.1, -0.05) is 50.1 Å². The number of azide groups is 3. The lowest BCUT2D eigenvalue weighted by Crippen LogP contribution is -1.78. The first-order chi connectivity index (χ1) is 8.58. The third kappa shape index (κ3) is 2.47. The van der Waals surface area contributed by atoms with Crippen LogP contribution in [0.4, 0.5) is 17.1 Å². The van der Waals surface area contributed by atoms with Crippen molar-refractivity contribution in [2.75, 3.05) is 0 Å². The monoisotopic (exact) mass is 303 g/mol. The number of hydrogen-bond acceptors (Lipinski definition) is 3. The Morgan fingerprint density at radius 1 is 0.611 bits per heavy atom. The number of nitrogens with zero attached hydrogens (tertiary/aromatic N) is 9. The SMILES string of the molecule is [N-]=[N+]=Nc1c(Cl)c(N=[N+]=[N-])c(Cl)c(N=[N+]=[N-])c1Cl. The standard InChI is InChI=1S/C6Cl3N9/c7-1-4(13-16-10)2(8)6(15-18-12)3(9)5(1)14-17-11. The van der Waals surface area contributed by atoms with Crippen LogP contribution < -0.4 is 0 Å². The van der Waals surface area contributed by atoms with Crippen LogP contribution in [-0.4, -0.2) is 0 Å². The maximum atomic E-state index is 8.38. The van der Waals surface area contributed by atoms with E-state index in [4.69, 9.17) is 51.4 Å². The Balaban J connectivity index is 3.91. The molecule has 0 unspecified atom stereocenters. The van der Waals surface area contributed by atoms with E-state index in [1.807, 2.05) is 0 Å². The van der Waals surface area contributed by atoms with Gasteiger partial charge in [0.05, 0.1) is 32.1 Å². The van der Waals surface area contributed by atoms with Crippen LogP contribution in [-0.2, 0) is 0 Å². The molecule has 0 aliphatic rings. The van der Waals surface area contributed by atoms with Crippen LogP contribution in [0.3, 0.4) is 0 Å². The fraction of sp³-hybridized carbons (Fsp3) is 0. The molecule has 18 heavy (non-hydrogen) atoms. The fourth-order valence-electron chi connectivity index (χ4n) is 1.02. The van der Waals surface area contributed by atoms with Gasteiger partial charge in [0.1, 0.15) is 0 Å². The van der Waals surface area contributed by atoms with Crippen molar-refractivity contribution < 1.29 is 0 Å². The van der Waals surface area contributed by atoms with Crippen LogP contribution in [0, 0.1) is 0 Å². The van der Waals surface area contributed by atoms with Gasteiger partial charge < -0.3 is 0 Å². The van der Waals surface area contributed by atoms with Crippen LogP contribution >= 0.6 is 34.8 Å². The molecule has 0 bridgehead atoms. The van der Waals surface area contributed by atoms with E-state index in [1.54, 1.807) is 0 Å². The Kier molecular flexibility index (Phi) is 4.76. The highest BCUT2D eigenvalue weighted by atomic mass is 35.5. The average molecular weight is 304 g/mol. The molecule has 0 saturated heterocycles. The lowest BCUT2D eigenvalue weighted by atomic mass is 10.2. The lowest BCUT2D eigenvalue weighted by Gasteiger charge is -2.09. The summed E-state index contributed by atoms with van der Waals surface area (Å²) in [5, 5.41) is 8.96. The predicted molar refractivity (Wildman–Crippen MR) is 67.9 cm³/mol. The van der Waals surface area contributed by atoms with Gasteiger partial charge in [0.15, 0.2) is 0 Å². The van der Waals surface area contributed by atoms with Gasteiger partial charge in [-0.25, -0.2) is 0 Å². The minimum atomic E-state index is -0.241. The summed E-state index contributed by atoms with van der Waals surface area (Å²) in [6.45, 7) is 0. The summed E-state index contributed by atoms with van der Waals surface area (Å²) >= 11 is 17.4. The highest BCUT2D eigenvalue weighted by Crippen LogP contribution is 2.51. The summed E-state index contributed by atoms with van der Waals surface area (Å²) in [6, 6.07) is 0. The molecule has 0 aliphatic carbocycles. The van der Waals surface area contributed by atoms with Crippen molar-refractivity contribution >= 4 is 51.9 Å². The molecule has 0 saturated carbocycles. The third-order valence-electron chi connectivity index (χ3n) is 1.68. The van der Waals surface area contributed by atoms with Gasteiger partial charge in [-0.3, -0.25) is 0 Å². The predicted octanol–water partition coefficient (Wildman–Crippen LogP) is 6.47. The first-order valence-electron chi connectivity index (χ1n) is 3.94. The molecule has 0 aliphatic heterocycles. The van der Waals surface area contributed by atoms with E-state index in [-0.39, 0.29) is 32.1 Å². The maximum Gasteiger partial charge on any atom is 0.0758 e. The molecule has 0 atom stereocenters. The van der Waals surface area contributed by atoms with Gasteiger partial charge in [-0.05, 0) is 16.6 Å². The van der Waals surface area contributed by atoms with Crippen LogP contribution in [0.1, 0.15) is 0 Å². The van der Waals surface area contributed by atoms with Gasteiger partial charge in [0, 0.05) is 14.7 Å². The molecular formula is C6Cl3N9. The fourth-order valence-corrected chi connectivity index (χ4v) is 1.96. The summed E-state index contributed by atoms with van der Waals surface area (Å²) < 4.78 is 0. The highest BCUT2D eigenvalue weighted by molar-refractivity contribution is 6.47. The molecule has 9 nitrogen and oxygen atoms in total. The van der Waals surface area contributed by atoms with Crippen LogP contribution in [0.2, 0.25) is 15.1 Å². The Bertz CT molecular complexity index is 537. The summed E-state index contributed by atoms with van der Waals surface area (Å²) in [5.74, 6) is 0. The summed E-state index contributed by atoms with van der Waals surface area (Å²) in [6.07, 6.45) is 0. The number of rotatable bonds is 3. The molecule has 0 N–H and O–H groups in total. The van der Waals surface area contributed by atoms with Crippen molar-refractivity contribution in [1.82, 2.24) is 0 Å². The van der Waals surface area contributed by atoms with Crippen molar-refractivity contribution in [3.8, 4) is 0 Å². The van der Waals surface area contributed by atoms with Crippen molar-refractivity contribution in [2.24, 2.45) is 15.3 Å². The van der Waals surface area contributed by atoms with Gasteiger partial charge in [0.2, 0.25) is 0 Å². The molecular weight excluding hydrogens is 304 g/mol. The van der Waals surface area contributed by atoms with Crippen LogP contribution in [0.15, 0.2) is 15.3 Å². The molecule has 0 fully saturated rings. The zero-order chi connectivity index (χ0) is 13.7. The first-order valence-corrected chi connectivity index (χ1v) is 5.07. The zero-order valence-electron chi connectivity index (χ0n) is 8.16. The Morgan fingerprint density at radius 2 is 0.833 bits per heavy atom.